The molecule has 1 aliphatic rings. The summed E-state index contributed by atoms with van der Waals surface area (Å²) in [5, 5.41) is 0. The van der Waals surface area contributed by atoms with Gasteiger partial charge in [0, 0.05) is 11.6 Å². The number of hydrogen-bond acceptors (Lipinski definition) is 2. The van der Waals surface area contributed by atoms with Crippen LogP contribution in [-0.4, -0.2) is 6.61 Å². The monoisotopic (exact) mass is 191 g/mol. The van der Waals surface area contributed by atoms with E-state index in [9.17, 15) is 0 Å². The number of ether oxygens (including phenoxy) is 1. The van der Waals surface area contributed by atoms with Crippen molar-refractivity contribution in [3.05, 3.63) is 28.8 Å². The SMILES string of the molecule is Cc1cc(C)c2c(c1)OCCCC2N. The molecule has 0 aliphatic carbocycles. The molecule has 1 unspecified atom stereocenters. The van der Waals surface area contributed by atoms with Gasteiger partial charge in [0.2, 0.25) is 0 Å². The topological polar surface area (TPSA) is 35.2 Å². The Bertz CT molecular complexity index is 346. The second-order valence-corrected chi connectivity index (χ2v) is 4.09. The lowest BCUT2D eigenvalue weighted by Gasteiger charge is -2.15. The molecular formula is C12H17NO. The molecule has 0 aromatic heterocycles. The molecule has 76 valence electrons. The normalized spacial score (nSPS) is 20.9. The molecule has 0 fully saturated rings. The number of nitrogens with two attached hydrogens (primary N) is 1. The molecule has 0 bridgehead atoms. The lowest BCUT2D eigenvalue weighted by Crippen LogP contribution is -2.10. The summed E-state index contributed by atoms with van der Waals surface area (Å²) >= 11 is 0. The second kappa shape index (κ2) is 3.62. The number of aryl methyl sites for hydroxylation is 2. The van der Waals surface area contributed by atoms with Crippen LogP contribution in [0.3, 0.4) is 0 Å². The van der Waals surface area contributed by atoms with Gasteiger partial charge < -0.3 is 10.5 Å². The van der Waals surface area contributed by atoms with Crippen molar-refractivity contribution >= 4 is 0 Å². The van der Waals surface area contributed by atoms with Gasteiger partial charge >= 0.3 is 0 Å². The third kappa shape index (κ3) is 1.62. The number of hydrogen-bond donors (Lipinski definition) is 1. The molecule has 14 heavy (non-hydrogen) atoms. The fourth-order valence-electron chi connectivity index (χ4n) is 2.16. The minimum absolute atomic E-state index is 0.146. The van der Waals surface area contributed by atoms with E-state index in [4.69, 9.17) is 10.5 Å². The highest BCUT2D eigenvalue weighted by Crippen LogP contribution is 2.33. The molecule has 2 N–H and O–H groups in total. The van der Waals surface area contributed by atoms with Crippen LogP contribution in [0.1, 0.15) is 35.6 Å². The van der Waals surface area contributed by atoms with E-state index < -0.39 is 0 Å². The summed E-state index contributed by atoms with van der Waals surface area (Å²) in [7, 11) is 0. The summed E-state index contributed by atoms with van der Waals surface area (Å²) in [6.45, 7) is 5.00. The summed E-state index contributed by atoms with van der Waals surface area (Å²) in [6, 6.07) is 4.41. The van der Waals surface area contributed by atoms with Crippen LogP contribution in [-0.2, 0) is 0 Å². The van der Waals surface area contributed by atoms with Gasteiger partial charge in [-0.3, -0.25) is 0 Å². The van der Waals surface area contributed by atoms with E-state index >= 15 is 0 Å². The zero-order valence-corrected chi connectivity index (χ0v) is 8.84. The molecule has 2 nitrogen and oxygen atoms in total. The molecule has 0 saturated heterocycles. The van der Waals surface area contributed by atoms with Crippen LogP contribution >= 0.6 is 0 Å². The van der Waals surface area contributed by atoms with Gasteiger partial charge in [-0.05, 0) is 43.9 Å². The second-order valence-electron chi connectivity index (χ2n) is 4.09. The molecule has 1 aromatic carbocycles. The maximum absolute atomic E-state index is 6.12. The van der Waals surface area contributed by atoms with Crippen molar-refractivity contribution in [2.75, 3.05) is 6.61 Å². The first kappa shape index (κ1) is 9.53. The predicted octanol–water partition coefficient (Wildman–Crippen LogP) is 2.48. The molecule has 2 rings (SSSR count). The summed E-state index contributed by atoms with van der Waals surface area (Å²) in [4.78, 5) is 0. The minimum atomic E-state index is 0.146. The van der Waals surface area contributed by atoms with E-state index in [2.05, 4.69) is 26.0 Å². The Morgan fingerprint density at radius 2 is 2.14 bits per heavy atom. The average molecular weight is 191 g/mol. The predicted molar refractivity (Wildman–Crippen MR) is 57.6 cm³/mol. The molecule has 0 spiro atoms. The van der Waals surface area contributed by atoms with Gasteiger partial charge in [-0.25, -0.2) is 0 Å². The summed E-state index contributed by atoms with van der Waals surface area (Å²) < 4.78 is 5.70. The number of benzene rings is 1. The first-order chi connectivity index (χ1) is 6.68. The summed E-state index contributed by atoms with van der Waals surface area (Å²) in [6.07, 6.45) is 2.07. The van der Waals surface area contributed by atoms with Gasteiger partial charge in [-0.15, -0.1) is 0 Å². The zero-order valence-electron chi connectivity index (χ0n) is 8.84. The maximum Gasteiger partial charge on any atom is 0.124 e. The van der Waals surface area contributed by atoms with Crippen LogP contribution in [0.15, 0.2) is 12.1 Å². The Kier molecular flexibility index (Phi) is 2.46. The Labute approximate surface area is 85.1 Å². The van der Waals surface area contributed by atoms with Crippen LogP contribution in [0, 0.1) is 13.8 Å². The molecule has 0 amide bonds. The fourth-order valence-corrected chi connectivity index (χ4v) is 2.16. The highest BCUT2D eigenvalue weighted by Gasteiger charge is 2.18. The van der Waals surface area contributed by atoms with Gasteiger partial charge in [0.05, 0.1) is 6.61 Å². The van der Waals surface area contributed by atoms with Crippen LogP contribution in [0.2, 0.25) is 0 Å². The summed E-state index contributed by atoms with van der Waals surface area (Å²) in [5.74, 6) is 0.993. The van der Waals surface area contributed by atoms with E-state index in [1.165, 1.54) is 16.7 Å². The van der Waals surface area contributed by atoms with Crippen molar-refractivity contribution in [1.82, 2.24) is 0 Å². The number of fused-ring (bicyclic) bond motifs is 1. The minimum Gasteiger partial charge on any atom is -0.493 e. The van der Waals surface area contributed by atoms with E-state index in [0.29, 0.717) is 0 Å². The van der Waals surface area contributed by atoms with Crippen molar-refractivity contribution in [3.8, 4) is 5.75 Å². The molecular weight excluding hydrogens is 174 g/mol. The van der Waals surface area contributed by atoms with Crippen molar-refractivity contribution in [2.45, 2.75) is 32.7 Å². The van der Waals surface area contributed by atoms with Gasteiger partial charge in [-0.2, -0.15) is 0 Å². The van der Waals surface area contributed by atoms with Crippen LogP contribution in [0.4, 0.5) is 0 Å². The van der Waals surface area contributed by atoms with Crippen LogP contribution < -0.4 is 10.5 Å². The quantitative estimate of drug-likeness (QED) is 0.683. The van der Waals surface area contributed by atoms with Crippen LogP contribution in [0.25, 0.3) is 0 Å². The Morgan fingerprint density at radius 1 is 1.36 bits per heavy atom. The smallest absolute Gasteiger partial charge is 0.124 e. The molecule has 0 radical (unpaired) electrons. The molecule has 1 atom stereocenters. The van der Waals surface area contributed by atoms with E-state index in [-0.39, 0.29) is 6.04 Å². The lowest BCUT2D eigenvalue weighted by atomic mass is 9.96. The van der Waals surface area contributed by atoms with Crippen molar-refractivity contribution < 1.29 is 4.74 Å². The molecule has 1 aliphatic heterocycles. The van der Waals surface area contributed by atoms with Crippen molar-refractivity contribution in [3.63, 3.8) is 0 Å². The highest BCUT2D eigenvalue weighted by molar-refractivity contribution is 5.45. The van der Waals surface area contributed by atoms with Gasteiger partial charge in [-0.1, -0.05) is 6.07 Å². The van der Waals surface area contributed by atoms with E-state index in [1.807, 2.05) is 0 Å². The Hall–Kier alpha value is -1.02. The maximum atomic E-state index is 6.12. The number of rotatable bonds is 0. The van der Waals surface area contributed by atoms with Crippen molar-refractivity contribution in [2.24, 2.45) is 5.73 Å². The summed E-state index contributed by atoms with van der Waals surface area (Å²) in [5.41, 5.74) is 9.82. The first-order valence-corrected chi connectivity index (χ1v) is 5.18. The lowest BCUT2D eigenvalue weighted by molar-refractivity contribution is 0.316. The molecule has 1 heterocycles. The van der Waals surface area contributed by atoms with Crippen LogP contribution in [0.5, 0.6) is 5.75 Å². The van der Waals surface area contributed by atoms with E-state index in [1.54, 1.807) is 0 Å². The Morgan fingerprint density at radius 3 is 2.93 bits per heavy atom. The molecule has 2 heteroatoms. The van der Waals surface area contributed by atoms with Gasteiger partial charge in [0.15, 0.2) is 0 Å². The fraction of sp³-hybridized carbons (Fsp3) is 0.500. The Balaban J connectivity index is 2.53. The highest BCUT2D eigenvalue weighted by atomic mass is 16.5. The standard InChI is InChI=1S/C12H17NO/c1-8-6-9(2)12-10(13)4-3-5-14-11(12)7-8/h6-7,10H,3-5,13H2,1-2H3. The first-order valence-electron chi connectivity index (χ1n) is 5.18. The third-order valence-corrected chi connectivity index (χ3v) is 2.78. The largest absolute Gasteiger partial charge is 0.493 e. The third-order valence-electron chi connectivity index (χ3n) is 2.78. The average Bonchev–Trinajstić information content (AvgIpc) is 2.27. The molecule has 0 saturated carbocycles. The molecule has 1 aromatic rings. The van der Waals surface area contributed by atoms with Crippen molar-refractivity contribution in [1.29, 1.82) is 0 Å². The van der Waals surface area contributed by atoms with E-state index in [0.717, 1.165) is 25.2 Å². The van der Waals surface area contributed by atoms with Gasteiger partial charge in [0.25, 0.3) is 0 Å². The van der Waals surface area contributed by atoms with Gasteiger partial charge in [0.1, 0.15) is 5.75 Å². The zero-order chi connectivity index (χ0) is 10.1.